The van der Waals surface area contributed by atoms with Crippen LogP contribution in [0.3, 0.4) is 0 Å². The lowest BCUT2D eigenvalue weighted by molar-refractivity contribution is -0.116. The molecule has 0 fully saturated rings. The summed E-state index contributed by atoms with van der Waals surface area (Å²) in [6.07, 6.45) is 2.78. The first kappa shape index (κ1) is 20.2. The summed E-state index contributed by atoms with van der Waals surface area (Å²) in [5.74, 6) is 0.428. The molecule has 1 N–H and O–H groups in total. The third-order valence-electron chi connectivity index (χ3n) is 4.17. The van der Waals surface area contributed by atoms with Crippen LogP contribution in [0.5, 0.6) is 11.5 Å². The van der Waals surface area contributed by atoms with Crippen molar-refractivity contribution in [1.29, 1.82) is 0 Å². The Bertz CT molecular complexity index is 1170. The van der Waals surface area contributed by atoms with Gasteiger partial charge in [0.15, 0.2) is 11.5 Å². The molecule has 0 saturated carbocycles. The Morgan fingerprint density at radius 3 is 2.41 bits per heavy atom. The molecule has 0 aliphatic heterocycles. The summed E-state index contributed by atoms with van der Waals surface area (Å²) in [6.45, 7) is -0.327. The van der Waals surface area contributed by atoms with Gasteiger partial charge in [0.25, 0.3) is 0 Å². The van der Waals surface area contributed by atoms with Gasteiger partial charge in [0.05, 0.1) is 30.6 Å². The van der Waals surface area contributed by atoms with E-state index in [2.05, 4.69) is 5.32 Å². The van der Waals surface area contributed by atoms with E-state index in [9.17, 15) is 14.4 Å². The normalized spacial score (nSPS) is 10.4. The molecule has 3 rings (SSSR count). The van der Waals surface area contributed by atoms with Crippen molar-refractivity contribution in [1.82, 2.24) is 9.13 Å². The van der Waals surface area contributed by atoms with E-state index in [0.717, 1.165) is 4.57 Å². The van der Waals surface area contributed by atoms with Gasteiger partial charge in [-0.15, -0.1) is 0 Å². The Hall–Kier alpha value is -3.52. The first-order valence-corrected chi connectivity index (χ1v) is 8.91. The standard InChI is InChI=1S/C20H18ClN3O5/c1-28-16-8-7-13(11-17(16)29-2)24-10-9-23(19(26)20(24)27)12-18(25)22-15-6-4-3-5-14(15)21/h3-11H,12H2,1-2H3,(H,22,25). The molecule has 29 heavy (non-hydrogen) atoms. The van der Waals surface area contributed by atoms with Crippen molar-refractivity contribution >= 4 is 23.2 Å². The minimum Gasteiger partial charge on any atom is -0.493 e. The Kier molecular flexibility index (Phi) is 6.04. The van der Waals surface area contributed by atoms with E-state index in [1.807, 2.05) is 0 Å². The molecule has 0 radical (unpaired) electrons. The fourth-order valence-corrected chi connectivity index (χ4v) is 2.90. The second kappa shape index (κ2) is 8.66. The van der Waals surface area contributed by atoms with Crippen LogP contribution >= 0.6 is 11.6 Å². The molecular formula is C20H18ClN3O5. The lowest BCUT2D eigenvalue weighted by Crippen LogP contribution is -2.41. The summed E-state index contributed by atoms with van der Waals surface area (Å²) in [6, 6.07) is 11.5. The number of hydrogen-bond acceptors (Lipinski definition) is 5. The van der Waals surface area contributed by atoms with Crippen molar-refractivity contribution in [3.05, 3.63) is 80.6 Å². The van der Waals surface area contributed by atoms with Crippen molar-refractivity contribution in [2.45, 2.75) is 6.54 Å². The van der Waals surface area contributed by atoms with Gasteiger partial charge in [-0.2, -0.15) is 0 Å². The highest BCUT2D eigenvalue weighted by molar-refractivity contribution is 6.33. The lowest BCUT2D eigenvalue weighted by atomic mass is 10.2. The predicted molar refractivity (Wildman–Crippen MR) is 109 cm³/mol. The minimum absolute atomic E-state index is 0.327. The number of halogens is 1. The van der Waals surface area contributed by atoms with Crippen molar-refractivity contribution in [2.75, 3.05) is 19.5 Å². The lowest BCUT2D eigenvalue weighted by Gasteiger charge is -2.12. The number of nitrogens with one attached hydrogen (secondary N) is 1. The molecule has 0 atom stereocenters. The average molecular weight is 416 g/mol. The van der Waals surface area contributed by atoms with E-state index >= 15 is 0 Å². The maximum absolute atomic E-state index is 12.5. The molecule has 150 valence electrons. The second-order valence-electron chi connectivity index (χ2n) is 5.97. The maximum atomic E-state index is 12.5. The number of carbonyl (C=O) groups is 1. The van der Waals surface area contributed by atoms with Gasteiger partial charge in [-0.25, -0.2) is 0 Å². The van der Waals surface area contributed by atoms with E-state index in [1.54, 1.807) is 42.5 Å². The number of methoxy groups -OCH3 is 2. The Morgan fingerprint density at radius 2 is 1.72 bits per heavy atom. The number of rotatable bonds is 6. The highest BCUT2D eigenvalue weighted by Gasteiger charge is 2.13. The SMILES string of the molecule is COc1ccc(-n2ccn(CC(=O)Nc3ccccc3Cl)c(=O)c2=O)cc1OC. The smallest absolute Gasteiger partial charge is 0.320 e. The summed E-state index contributed by atoms with van der Waals surface area (Å²) < 4.78 is 12.6. The first-order chi connectivity index (χ1) is 13.9. The molecule has 9 heteroatoms. The third-order valence-corrected chi connectivity index (χ3v) is 4.50. The van der Waals surface area contributed by atoms with E-state index in [-0.39, 0.29) is 6.54 Å². The number of para-hydroxylation sites is 1. The van der Waals surface area contributed by atoms with Crippen LogP contribution in [0.1, 0.15) is 0 Å². The second-order valence-corrected chi connectivity index (χ2v) is 6.38. The van der Waals surface area contributed by atoms with Crippen molar-refractivity contribution in [2.24, 2.45) is 0 Å². The van der Waals surface area contributed by atoms with Crippen LogP contribution in [0, 0.1) is 0 Å². The molecule has 0 saturated heterocycles. The highest BCUT2D eigenvalue weighted by atomic mass is 35.5. The van der Waals surface area contributed by atoms with Gasteiger partial charge >= 0.3 is 11.1 Å². The third kappa shape index (κ3) is 4.33. The fourth-order valence-electron chi connectivity index (χ4n) is 2.72. The van der Waals surface area contributed by atoms with E-state index < -0.39 is 17.0 Å². The topological polar surface area (TPSA) is 91.6 Å². The molecule has 1 amide bonds. The van der Waals surface area contributed by atoms with Crippen LogP contribution in [0.2, 0.25) is 5.02 Å². The molecule has 0 bridgehead atoms. The van der Waals surface area contributed by atoms with Crippen LogP contribution in [-0.4, -0.2) is 29.3 Å². The van der Waals surface area contributed by atoms with Crippen molar-refractivity contribution in [3.63, 3.8) is 0 Å². The van der Waals surface area contributed by atoms with Gasteiger partial charge in [-0.05, 0) is 24.3 Å². The van der Waals surface area contributed by atoms with Gasteiger partial charge in [-0.3, -0.25) is 23.5 Å². The van der Waals surface area contributed by atoms with Crippen LogP contribution in [0.4, 0.5) is 5.69 Å². The number of anilines is 1. The molecule has 0 unspecified atom stereocenters. The zero-order valence-electron chi connectivity index (χ0n) is 15.7. The Morgan fingerprint density at radius 1 is 1.00 bits per heavy atom. The van der Waals surface area contributed by atoms with Crippen LogP contribution in [0.25, 0.3) is 5.69 Å². The average Bonchev–Trinajstić information content (AvgIpc) is 2.73. The summed E-state index contributed by atoms with van der Waals surface area (Å²) in [7, 11) is 2.97. The number of aromatic nitrogens is 2. The van der Waals surface area contributed by atoms with Gasteiger partial charge in [0, 0.05) is 18.5 Å². The molecule has 1 aromatic heterocycles. The summed E-state index contributed by atoms with van der Waals surface area (Å²) in [5.41, 5.74) is -0.787. The number of benzene rings is 2. The molecule has 2 aromatic carbocycles. The summed E-state index contributed by atoms with van der Waals surface area (Å²) in [5, 5.41) is 2.98. The van der Waals surface area contributed by atoms with Gasteiger partial charge in [0.1, 0.15) is 6.54 Å². The molecule has 0 aliphatic carbocycles. The number of ether oxygens (including phenoxy) is 2. The predicted octanol–water partition coefficient (Wildman–Crippen LogP) is 2.31. The first-order valence-electron chi connectivity index (χ1n) is 8.53. The molecule has 1 heterocycles. The zero-order valence-corrected chi connectivity index (χ0v) is 16.5. The van der Waals surface area contributed by atoms with Crippen LogP contribution in [0.15, 0.2) is 64.4 Å². The van der Waals surface area contributed by atoms with E-state index in [1.165, 1.54) is 31.2 Å². The Balaban J connectivity index is 1.87. The maximum Gasteiger partial charge on any atom is 0.320 e. The Labute approximate surface area is 170 Å². The van der Waals surface area contributed by atoms with Crippen LogP contribution in [-0.2, 0) is 11.3 Å². The molecule has 3 aromatic rings. The summed E-state index contributed by atoms with van der Waals surface area (Å²) in [4.78, 5) is 37.2. The summed E-state index contributed by atoms with van der Waals surface area (Å²) >= 11 is 6.01. The monoisotopic (exact) mass is 415 g/mol. The zero-order chi connectivity index (χ0) is 21.0. The van der Waals surface area contributed by atoms with Crippen molar-refractivity contribution in [3.8, 4) is 17.2 Å². The quantitative estimate of drug-likeness (QED) is 0.624. The highest BCUT2D eigenvalue weighted by Crippen LogP contribution is 2.28. The fraction of sp³-hybridized carbons (Fsp3) is 0.150. The van der Waals surface area contributed by atoms with Gasteiger partial charge < -0.3 is 14.8 Å². The minimum atomic E-state index is -0.836. The molecule has 0 aliphatic rings. The number of nitrogens with zero attached hydrogens (tertiary/aromatic N) is 2. The van der Waals surface area contributed by atoms with E-state index in [0.29, 0.717) is 27.9 Å². The molecule has 0 spiro atoms. The number of amides is 1. The van der Waals surface area contributed by atoms with Gasteiger partial charge in [0.2, 0.25) is 5.91 Å². The number of carbonyl (C=O) groups excluding carboxylic acids is 1. The molecule has 8 nitrogen and oxygen atoms in total. The van der Waals surface area contributed by atoms with Crippen molar-refractivity contribution < 1.29 is 14.3 Å². The van der Waals surface area contributed by atoms with Crippen LogP contribution < -0.4 is 25.9 Å². The van der Waals surface area contributed by atoms with E-state index in [4.69, 9.17) is 21.1 Å². The number of hydrogen-bond donors (Lipinski definition) is 1. The largest absolute Gasteiger partial charge is 0.493 e. The van der Waals surface area contributed by atoms with Gasteiger partial charge in [-0.1, -0.05) is 23.7 Å². The molecular weight excluding hydrogens is 398 g/mol.